The van der Waals surface area contributed by atoms with Gasteiger partial charge in [-0.25, -0.2) is 19.3 Å². The number of carbonyl (C=O) groups is 1. The molecule has 0 radical (unpaired) electrons. The molecule has 0 atom stereocenters. The van der Waals surface area contributed by atoms with Crippen molar-refractivity contribution >= 4 is 34.3 Å². The van der Waals surface area contributed by atoms with E-state index < -0.39 is 5.60 Å². The van der Waals surface area contributed by atoms with Gasteiger partial charge in [-0.1, -0.05) is 12.1 Å². The first-order valence-corrected chi connectivity index (χ1v) is 14.5. The maximum atomic E-state index is 13.3. The Morgan fingerprint density at radius 2 is 1.84 bits per heavy atom. The number of likely N-dealkylation sites (N-methyl/N-ethyl adjacent to an activating group) is 2. The van der Waals surface area contributed by atoms with Crippen LogP contribution < -0.4 is 15.8 Å². The molecule has 0 saturated carbocycles. The van der Waals surface area contributed by atoms with Gasteiger partial charge in [-0.05, 0) is 64.2 Å². The minimum Gasteiger partial charge on any atom is -0.384 e. The van der Waals surface area contributed by atoms with Crippen LogP contribution in [0.3, 0.4) is 0 Å². The largest absolute Gasteiger partial charge is 0.384 e. The highest BCUT2D eigenvalue weighted by molar-refractivity contribution is 5.82. The third-order valence-electron chi connectivity index (χ3n) is 7.61. The number of hydrogen-bond acceptors (Lipinski definition) is 9. The molecule has 43 heavy (non-hydrogen) atoms. The van der Waals surface area contributed by atoms with Crippen molar-refractivity contribution in [2.24, 2.45) is 0 Å². The van der Waals surface area contributed by atoms with Crippen LogP contribution in [-0.4, -0.2) is 91.4 Å². The van der Waals surface area contributed by atoms with Crippen molar-refractivity contribution in [3.8, 4) is 5.82 Å². The molecule has 4 heterocycles. The monoisotopic (exact) mass is 585 g/mol. The van der Waals surface area contributed by atoms with Gasteiger partial charge in [-0.15, -0.1) is 6.58 Å². The van der Waals surface area contributed by atoms with E-state index >= 15 is 0 Å². The quantitative estimate of drug-likeness (QED) is 0.270. The number of nitrogens with zero attached hydrogens (tertiary/aromatic N) is 8. The number of aromatic nitrogens is 5. The molecule has 1 amide bonds. The Kier molecular flexibility index (Phi) is 8.60. The molecule has 2 N–H and O–H groups in total. The minimum atomic E-state index is -1.17. The molecule has 4 aromatic rings. The van der Waals surface area contributed by atoms with Crippen LogP contribution >= 0.6 is 0 Å². The number of carbonyl (C=O) groups excluding carboxylic acids is 1. The first kappa shape index (κ1) is 29.9. The van der Waals surface area contributed by atoms with Gasteiger partial charge < -0.3 is 25.1 Å². The lowest BCUT2D eigenvalue weighted by atomic mass is 10.1. The summed E-state index contributed by atoms with van der Waals surface area (Å²) in [5.41, 5.74) is 1.10. The predicted octanol–water partition coefficient (Wildman–Crippen LogP) is 2.73. The van der Waals surface area contributed by atoms with E-state index in [1.165, 1.54) is 10.9 Å². The summed E-state index contributed by atoms with van der Waals surface area (Å²) >= 11 is 0. The number of amides is 1. The molecule has 12 heteroatoms. The van der Waals surface area contributed by atoms with Crippen LogP contribution in [0.5, 0.6) is 0 Å². The highest BCUT2D eigenvalue weighted by Gasteiger charge is 2.23. The van der Waals surface area contributed by atoms with Crippen LogP contribution in [0.1, 0.15) is 26.5 Å². The first-order valence-electron chi connectivity index (χ1n) is 14.5. The van der Waals surface area contributed by atoms with Crippen LogP contribution in [0.4, 0.5) is 17.3 Å². The van der Waals surface area contributed by atoms with Crippen LogP contribution in [0.25, 0.3) is 16.9 Å². The van der Waals surface area contributed by atoms with Gasteiger partial charge in [0, 0.05) is 50.3 Å². The molecule has 226 valence electrons. The van der Waals surface area contributed by atoms with Crippen LogP contribution in [0, 0.1) is 0 Å². The van der Waals surface area contributed by atoms with Gasteiger partial charge in [0.05, 0.1) is 18.8 Å². The van der Waals surface area contributed by atoms with Crippen LogP contribution in [0.15, 0.2) is 66.1 Å². The van der Waals surface area contributed by atoms with Crippen molar-refractivity contribution in [3.05, 3.63) is 77.4 Å². The second kappa shape index (κ2) is 12.4. The third kappa shape index (κ3) is 6.45. The summed E-state index contributed by atoms with van der Waals surface area (Å²) in [6.45, 7) is 13.7. The van der Waals surface area contributed by atoms with Gasteiger partial charge in [-0.2, -0.15) is 4.98 Å². The number of hydrogen-bond donors (Lipinski definition) is 2. The number of piperazine rings is 1. The Morgan fingerprint density at radius 1 is 1.12 bits per heavy atom. The van der Waals surface area contributed by atoms with E-state index in [0.29, 0.717) is 41.6 Å². The molecule has 12 nitrogen and oxygen atoms in total. The number of allylic oxidation sites excluding steroid dienone is 1. The molecular weight excluding hydrogens is 546 g/mol. The summed E-state index contributed by atoms with van der Waals surface area (Å²) in [5, 5.41) is 14.1. The molecule has 1 aromatic carbocycles. The molecule has 3 aromatic heterocycles. The van der Waals surface area contributed by atoms with Crippen molar-refractivity contribution in [3.63, 3.8) is 0 Å². The number of rotatable bonds is 10. The summed E-state index contributed by atoms with van der Waals surface area (Å²) in [7, 11) is 2.07. The zero-order valence-electron chi connectivity index (χ0n) is 25.2. The topological polar surface area (TPSA) is 125 Å². The molecule has 1 aliphatic rings. The van der Waals surface area contributed by atoms with E-state index in [9.17, 15) is 14.7 Å². The molecule has 0 bridgehead atoms. The normalized spacial score (nSPS) is 14.2. The van der Waals surface area contributed by atoms with Gasteiger partial charge in [-0.3, -0.25) is 9.59 Å². The molecule has 0 aliphatic carbocycles. The molecule has 1 saturated heterocycles. The summed E-state index contributed by atoms with van der Waals surface area (Å²) in [6, 6.07) is 13.0. The number of fused-ring (bicyclic) bond motifs is 1. The maximum absolute atomic E-state index is 13.3. The second-order valence-electron chi connectivity index (χ2n) is 11.2. The SMILES string of the molecule is C=CCn1c(=O)c2cnc(Nc3ccc(N(CC)CC(=O)N4CCN(C)CC4)cc3)nc2n1-c1cccc(C(C)(C)O)n1. The van der Waals surface area contributed by atoms with E-state index in [0.717, 1.165) is 37.6 Å². The van der Waals surface area contributed by atoms with Crippen LogP contribution in [-0.2, 0) is 16.9 Å². The lowest BCUT2D eigenvalue weighted by molar-refractivity contribution is -0.131. The van der Waals surface area contributed by atoms with Gasteiger partial charge in [0.15, 0.2) is 11.5 Å². The lowest BCUT2D eigenvalue weighted by Gasteiger charge is -2.34. The van der Waals surface area contributed by atoms with E-state index in [2.05, 4.69) is 38.7 Å². The lowest BCUT2D eigenvalue weighted by Crippen LogP contribution is -2.50. The molecule has 1 fully saturated rings. The summed E-state index contributed by atoms with van der Waals surface area (Å²) in [4.78, 5) is 46.1. The zero-order chi connectivity index (χ0) is 30.7. The Hall–Kier alpha value is -4.55. The van der Waals surface area contributed by atoms with Gasteiger partial charge in [0.2, 0.25) is 11.9 Å². The number of benzene rings is 1. The van der Waals surface area contributed by atoms with Gasteiger partial charge in [0.25, 0.3) is 5.56 Å². The van der Waals surface area contributed by atoms with Crippen molar-refractivity contribution in [2.45, 2.75) is 32.9 Å². The van der Waals surface area contributed by atoms with E-state index in [1.807, 2.05) is 36.1 Å². The number of pyridine rings is 1. The highest BCUT2D eigenvalue weighted by Crippen LogP contribution is 2.23. The maximum Gasteiger partial charge on any atom is 0.278 e. The molecule has 5 rings (SSSR count). The van der Waals surface area contributed by atoms with Crippen molar-refractivity contribution < 1.29 is 9.90 Å². The van der Waals surface area contributed by atoms with Crippen molar-refractivity contribution in [1.29, 1.82) is 0 Å². The van der Waals surface area contributed by atoms with E-state index in [-0.39, 0.29) is 18.0 Å². The molecule has 1 aliphatic heterocycles. The Bertz CT molecular complexity index is 1660. The second-order valence-corrected chi connectivity index (χ2v) is 11.2. The van der Waals surface area contributed by atoms with Crippen molar-refractivity contribution in [2.75, 3.05) is 56.5 Å². The Labute approximate surface area is 250 Å². The first-order chi connectivity index (χ1) is 20.6. The van der Waals surface area contributed by atoms with Crippen molar-refractivity contribution in [1.82, 2.24) is 34.1 Å². The van der Waals surface area contributed by atoms with Gasteiger partial charge >= 0.3 is 0 Å². The Morgan fingerprint density at radius 3 is 2.49 bits per heavy atom. The molecular formula is C31H39N9O3. The fraction of sp³-hybridized carbons (Fsp3) is 0.387. The fourth-order valence-corrected chi connectivity index (χ4v) is 5.08. The summed E-state index contributed by atoms with van der Waals surface area (Å²) < 4.78 is 3.12. The average molecular weight is 586 g/mol. The molecule has 0 spiro atoms. The number of anilines is 3. The van der Waals surface area contributed by atoms with Gasteiger partial charge in [0.1, 0.15) is 11.0 Å². The number of nitrogens with one attached hydrogen (secondary N) is 1. The molecule has 0 unspecified atom stereocenters. The minimum absolute atomic E-state index is 0.135. The number of aliphatic hydroxyl groups is 1. The highest BCUT2D eigenvalue weighted by atomic mass is 16.3. The van der Waals surface area contributed by atoms with E-state index in [4.69, 9.17) is 4.98 Å². The van der Waals surface area contributed by atoms with Crippen LogP contribution in [0.2, 0.25) is 0 Å². The third-order valence-corrected chi connectivity index (χ3v) is 7.61. The van der Waals surface area contributed by atoms with E-state index in [1.54, 1.807) is 42.8 Å². The smallest absolute Gasteiger partial charge is 0.278 e. The standard InChI is InChI=1S/C31H39N9O3/c1-6-15-39-29(42)24-20-32-30(35-28(24)40(39)26-10-8-9-25(34-26)31(3,4)43)33-22-11-13-23(14-12-22)37(7-2)21-27(41)38-18-16-36(5)17-19-38/h6,8-14,20,43H,1,7,15-19,21H2,2-5H3,(H,32,33,35). The predicted molar refractivity (Wildman–Crippen MR) is 168 cm³/mol. The fourth-order valence-electron chi connectivity index (χ4n) is 5.08. The average Bonchev–Trinajstić information content (AvgIpc) is 3.26. The summed E-state index contributed by atoms with van der Waals surface area (Å²) in [5.74, 6) is 0.880. The zero-order valence-corrected chi connectivity index (χ0v) is 25.2. The Balaban J connectivity index is 1.40. The summed E-state index contributed by atoms with van der Waals surface area (Å²) in [6.07, 6.45) is 3.13.